The van der Waals surface area contributed by atoms with Crippen molar-refractivity contribution in [3.8, 4) is 11.4 Å². The number of aliphatic hydroxyl groups excluding tert-OH is 1. The zero-order valence-corrected chi connectivity index (χ0v) is 16.4. The number of carbonyl (C=O) groups excluding carboxylic acids is 1. The summed E-state index contributed by atoms with van der Waals surface area (Å²) in [6.07, 6.45) is -0.206. The van der Waals surface area contributed by atoms with Crippen LogP contribution in [0.3, 0.4) is 0 Å². The Bertz CT molecular complexity index is 1380. The third-order valence-corrected chi connectivity index (χ3v) is 6.14. The molecular formula is C21H17N3O7. The minimum atomic E-state index is -2.32. The maximum atomic E-state index is 13.3. The summed E-state index contributed by atoms with van der Waals surface area (Å²) in [5.74, 6) is -1.03. The molecule has 10 heteroatoms. The number of pyridine rings is 2. The van der Waals surface area contributed by atoms with Crippen LogP contribution < -0.4 is 5.56 Å². The summed E-state index contributed by atoms with van der Waals surface area (Å²) in [4.78, 5) is 41.8. The minimum absolute atomic E-state index is 0.0240. The van der Waals surface area contributed by atoms with Crippen molar-refractivity contribution >= 4 is 22.6 Å². The summed E-state index contributed by atoms with van der Waals surface area (Å²) in [6.45, 7) is 0.648. The van der Waals surface area contributed by atoms with E-state index in [1.807, 2.05) is 0 Å². The molecule has 0 amide bonds. The molecule has 2 aliphatic heterocycles. The number of carbonyl (C=O) groups is 1. The molecule has 2 aromatic heterocycles. The van der Waals surface area contributed by atoms with E-state index in [0.717, 1.165) is 0 Å². The van der Waals surface area contributed by atoms with E-state index in [-0.39, 0.29) is 42.1 Å². The monoisotopic (exact) mass is 423 g/mol. The number of fused-ring (bicyclic) bond motifs is 5. The van der Waals surface area contributed by atoms with Gasteiger partial charge in [-0.05, 0) is 18.1 Å². The molecule has 0 spiro atoms. The molecule has 158 valence electrons. The Morgan fingerprint density at radius 3 is 2.71 bits per heavy atom. The van der Waals surface area contributed by atoms with Gasteiger partial charge in [0.1, 0.15) is 12.3 Å². The summed E-state index contributed by atoms with van der Waals surface area (Å²) < 4.78 is 6.20. The molecule has 1 unspecified atom stereocenters. The predicted octanol–water partition coefficient (Wildman–Crippen LogP) is 1.48. The fraction of sp³-hybridized carbons (Fsp3) is 0.286. The van der Waals surface area contributed by atoms with E-state index in [1.54, 1.807) is 24.3 Å². The largest absolute Gasteiger partial charge is 0.458 e. The van der Waals surface area contributed by atoms with Crippen LogP contribution in [-0.4, -0.2) is 30.7 Å². The van der Waals surface area contributed by atoms with E-state index in [9.17, 15) is 29.9 Å². The molecule has 1 aromatic carbocycles. The lowest BCUT2D eigenvalue weighted by Gasteiger charge is -2.31. The predicted molar refractivity (Wildman–Crippen MR) is 107 cm³/mol. The van der Waals surface area contributed by atoms with Gasteiger partial charge in [-0.25, -0.2) is 9.78 Å². The van der Waals surface area contributed by atoms with E-state index >= 15 is 0 Å². The molecule has 10 nitrogen and oxygen atoms in total. The topological polar surface area (TPSA) is 145 Å². The lowest BCUT2D eigenvalue weighted by atomic mass is 9.84. The Kier molecular flexibility index (Phi) is 4.01. The van der Waals surface area contributed by atoms with Gasteiger partial charge in [-0.3, -0.25) is 19.5 Å². The summed E-state index contributed by atoms with van der Waals surface area (Å²) >= 11 is 0. The van der Waals surface area contributed by atoms with Crippen molar-refractivity contribution in [1.29, 1.82) is 0 Å². The van der Waals surface area contributed by atoms with Gasteiger partial charge in [0, 0.05) is 10.9 Å². The molecule has 1 atom stereocenters. The highest BCUT2D eigenvalue weighted by Crippen LogP contribution is 2.47. The lowest BCUT2D eigenvalue weighted by molar-refractivity contribution is -0.386. The Balaban J connectivity index is 1.96. The van der Waals surface area contributed by atoms with Crippen LogP contribution in [0.25, 0.3) is 22.3 Å². The fourth-order valence-corrected chi connectivity index (χ4v) is 4.61. The molecule has 0 saturated carbocycles. The number of rotatable bonds is 3. The summed E-state index contributed by atoms with van der Waals surface area (Å²) in [5, 5.41) is 34.0. The second-order valence-corrected chi connectivity index (χ2v) is 7.58. The maximum absolute atomic E-state index is 13.3. The number of hydrogen-bond acceptors (Lipinski definition) is 8. The Morgan fingerprint density at radius 1 is 1.29 bits per heavy atom. The quantitative estimate of drug-likeness (QED) is 0.286. The van der Waals surface area contributed by atoms with Crippen LogP contribution in [0.1, 0.15) is 35.6 Å². The van der Waals surface area contributed by atoms with Gasteiger partial charge in [-0.2, -0.15) is 0 Å². The summed E-state index contributed by atoms with van der Waals surface area (Å²) in [6, 6.07) is 7.02. The van der Waals surface area contributed by atoms with Crippen molar-refractivity contribution in [1.82, 2.24) is 9.55 Å². The van der Waals surface area contributed by atoms with Gasteiger partial charge in [0.2, 0.25) is 0 Å². The second kappa shape index (κ2) is 6.43. The van der Waals surface area contributed by atoms with Gasteiger partial charge in [0.15, 0.2) is 5.60 Å². The Labute approximate surface area is 174 Å². The number of aliphatic hydroxyl groups is 2. The number of esters is 1. The van der Waals surface area contributed by atoms with Crippen LogP contribution in [0.2, 0.25) is 0 Å². The molecule has 0 radical (unpaired) electrons. The number of benzene rings is 1. The molecule has 31 heavy (non-hydrogen) atoms. The van der Waals surface area contributed by atoms with Gasteiger partial charge < -0.3 is 14.9 Å². The first kappa shape index (κ1) is 19.3. The lowest BCUT2D eigenvalue weighted by Crippen LogP contribution is -2.45. The molecule has 0 saturated heterocycles. The molecular weight excluding hydrogens is 406 g/mol. The zero-order chi connectivity index (χ0) is 22.1. The van der Waals surface area contributed by atoms with Gasteiger partial charge in [0.25, 0.3) is 5.56 Å². The van der Waals surface area contributed by atoms with E-state index in [4.69, 9.17) is 4.74 Å². The normalized spacial score (nSPS) is 19.0. The number of para-hydroxylation sites is 1. The van der Waals surface area contributed by atoms with Crippen LogP contribution in [0, 0.1) is 10.1 Å². The zero-order valence-electron chi connectivity index (χ0n) is 16.4. The van der Waals surface area contributed by atoms with Crippen molar-refractivity contribution < 1.29 is 24.7 Å². The highest BCUT2D eigenvalue weighted by atomic mass is 16.6. The van der Waals surface area contributed by atoms with Gasteiger partial charge >= 0.3 is 11.7 Å². The summed E-state index contributed by atoms with van der Waals surface area (Å²) in [5.41, 5.74) is -2.28. The number of ether oxygens (including phenoxy) is 1. The van der Waals surface area contributed by atoms with Crippen molar-refractivity contribution in [2.45, 2.75) is 38.7 Å². The molecule has 0 aliphatic carbocycles. The summed E-state index contributed by atoms with van der Waals surface area (Å²) in [7, 11) is 0. The first-order valence-electron chi connectivity index (χ1n) is 9.69. The Hall–Kier alpha value is -3.63. The molecule has 4 heterocycles. The highest BCUT2D eigenvalue weighted by molar-refractivity contribution is 5.92. The van der Waals surface area contributed by atoms with Gasteiger partial charge in [-0.15, -0.1) is 0 Å². The average Bonchev–Trinajstić information content (AvgIpc) is 3.14. The smallest absolute Gasteiger partial charge is 0.343 e. The van der Waals surface area contributed by atoms with Crippen molar-refractivity contribution in [3.63, 3.8) is 0 Å². The molecule has 3 aromatic rings. The minimum Gasteiger partial charge on any atom is -0.458 e. The number of cyclic esters (lactones) is 1. The van der Waals surface area contributed by atoms with Crippen molar-refractivity contribution in [3.05, 3.63) is 67.0 Å². The number of hydrogen-bond donors (Lipinski definition) is 2. The second-order valence-electron chi connectivity index (χ2n) is 7.58. The SMILES string of the molecule is CCC1(O)C(=O)OCc2c1c([N+](=O)[O-])c1n(c2=O)Cc2c-1nc1ccccc1c2CO. The molecule has 0 bridgehead atoms. The molecule has 0 fully saturated rings. The van der Waals surface area contributed by atoms with Crippen LogP contribution in [0.15, 0.2) is 29.1 Å². The van der Waals surface area contributed by atoms with E-state index in [1.165, 1.54) is 11.5 Å². The van der Waals surface area contributed by atoms with E-state index in [0.29, 0.717) is 22.0 Å². The Morgan fingerprint density at radius 2 is 2.03 bits per heavy atom. The van der Waals surface area contributed by atoms with Crippen LogP contribution in [0.5, 0.6) is 0 Å². The van der Waals surface area contributed by atoms with Gasteiger partial charge in [0.05, 0.1) is 40.4 Å². The molecule has 2 N–H and O–H groups in total. The van der Waals surface area contributed by atoms with Crippen LogP contribution in [0.4, 0.5) is 5.69 Å². The third kappa shape index (κ3) is 2.37. The first-order chi connectivity index (χ1) is 14.8. The maximum Gasteiger partial charge on any atom is 0.343 e. The number of nitro groups is 1. The number of aromatic nitrogens is 2. The molecule has 5 rings (SSSR count). The van der Waals surface area contributed by atoms with E-state index in [2.05, 4.69) is 4.98 Å². The third-order valence-electron chi connectivity index (χ3n) is 6.14. The highest BCUT2D eigenvalue weighted by Gasteiger charge is 2.51. The van der Waals surface area contributed by atoms with Crippen LogP contribution >= 0.6 is 0 Å². The average molecular weight is 423 g/mol. The molecule has 2 aliphatic rings. The van der Waals surface area contributed by atoms with Crippen LogP contribution in [-0.2, 0) is 34.9 Å². The standard InChI is InChI=1S/C21H17N3O7/c1-2-21(28)15-13(9-31-20(21)27)19(26)23-7-11-12(8-25)10-5-3-4-6-14(10)22-16(11)18(23)17(15)24(29)30/h3-6,25,28H,2,7-9H2,1H3. The van der Waals surface area contributed by atoms with Crippen molar-refractivity contribution in [2.24, 2.45) is 0 Å². The van der Waals surface area contributed by atoms with Crippen molar-refractivity contribution in [2.75, 3.05) is 0 Å². The van der Waals surface area contributed by atoms with E-state index < -0.39 is 34.3 Å². The fourth-order valence-electron chi connectivity index (χ4n) is 4.61. The van der Waals surface area contributed by atoms with Gasteiger partial charge in [-0.1, -0.05) is 25.1 Å². The number of nitrogens with zero attached hydrogens (tertiary/aromatic N) is 3. The first-order valence-corrected chi connectivity index (χ1v) is 9.69.